The molecular weight excluding hydrogens is 433 g/mol. The number of rotatable bonds is 3. The average molecular weight is 458 g/mol. The summed E-state index contributed by atoms with van der Waals surface area (Å²) in [6.45, 7) is 4.99. The van der Waals surface area contributed by atoms with E-state index in [1.54, 1.807) is 24.7 Å². The maximum absolute atomic E-state index is 13.6. The molecule has 4 heterocycles. The molecule has 0 radical (unpaired) electrons. The van der Waals surface area contributed by atoms with Gasteiger partial charge in [0.1, 0.15) is 11.6 Å². The molecule has 2 fully saturated rings. The number of nitrogens with zero attached hydrogens (tertiary/aromatic N) is 7. The van der Waals surface area contributed by atoms with E-state index >= 15 is 0 Å². The van der Waals surface area contributed by atoms with Gasteiger partial charge in [0.2, 0.25) is 0 Å². The maximum atomic E-state index is 13.6. The van der Waals surface area contributed by atoms with Crippen molar-refractivity contribution >= 4 is 22.8 Å². The number of fused-ring (bicyclic) bond motifs is 3. The number of benzene rings is 2. The molecule has 0 N–H and O–H groups in total. The summed E-state index contributed by atoms with van der Waals surface area (Å²) < 4.78 is 13.5. The van der Waals surface area contributed by atoms with Gasteiger partial charge in [-0.25, -0.2) is 9.37 Å². The van der Waals surface area contributed by atoms with Crippen LogP contribution in [-0.2, 0) is 0 Å². The van der Waals surface area contributed by atoms with Crippen molar-refractivity contribution in [1.82, 2.24) is 29.9 Å². The molecule has 2 aromatic heterocycles. The maximum Gasteiger partial charge on any atom is 0.256 e. The Morgan fingerprint density at radius 3 is 2.50 bits per heavy atom. The van der Waals surface area contributed by atoms with E-state index in [4.69, 9.17) is 4.98 Å². The Bertz CT molecular complexity index is 1360. The Kier molecular flexibility index (Phi) is 4.97. The van der Waals surface area contributed by atoms with E-state index in [9.17, 15) is 9.18 Å². The van der Waals surface area contributed by atoms with E-state index in [2.05, 4.69) is 20.1 Å². The number of aromatic nitrogens is 5. The van der Waals surface area contributed by atoms with Crippen molar-refractivity contribution < 1.29 is 9.18 Å². The molecule has 1 amide bonds. The molecule has 0 saturated carbocycles. The zero-order valence-corrected chi connectivity index (χ0v) is 18.8. The highest BCUT2D eigenvalue weighted by Gasteiger charge is 2.37. The topological polar surface area (TPSA) is 80.0 Å². The Morgan fingerprint density at radius 1 is 0.971 bits per heavy atom. The van der Waals surface area contributed by atoms with Crippen molar-refractivity contribution in [3.8, 4) is 5.69 Å². The van der Waals surface area contributed by atoms with E-state index < -0.39 is 0 Å². The van der Waals surface area contributed by atoms with Gasteiger partial charge in [-0.15, -0.1) is 0 Å². The van der Waals surface area contributed by atoms with Gasteiger partial charge in [-0.2, -0.15) is 15.0 Å². The summed E-state index contributed by atoms with van der Waals surface area (Å²) in [4.78, 5) is 28.5. The lowest BCUT2D eigenvalue weighted by molar-refractivity contribution is 0.0564. The summed E-state index contributed by atoms with van der Waals surface area (Å²) in [6.07, 6.45) is 6.04. The van der Waals surface area contributed by atoms with Crippen molar-refractivity contribution in [3.05, 3.63) is 71.9 Å². The van der Waals surface area contributed by atoms with E-state index in [1.165, 1.54) is 16.9 Å². The molecule has 2 aliphatic rings. The van der Waals surface area contributed by atoms with Crippen molar-refractivity contribution in [2.24, 2.45) is 11.8 Å². The van der Waals surface area contributed by atoms with E-state index in [0.717, 1.165) is 30.9 Å². The second kappa shape index (κ2) is 8.16. The predicted octanol–water partition coefficient (Wildman–Crippen LogP) is 3.26. The van der Waals surface area contributed by atoms with Gasteiger partial charge in [0.25, 0.3) is 5.91 Å². The average Bonchev–Trinajstić information content (AvgIpc) is 3.37. The normalized spacial score (nSPS) is 20.1. The third-order valence-corrected chi connectivity index (χ3v) is 6.70. The van der Waals surface area contributed by atoms with Crippen molar-refractivity contribution in [2.45, 2.75) is 13.3 Å². The number of amides is 1. The zero-order valence-electron chi connectivity index (χ0n) is 18.8. The third-order valence-electron chi connectivity index (χ3n) is 6.70. The van der Waals surface area contributed by atoms with Crippen LogP contribution >= 0.6 is 0 Å². The highest BCUT2D eigenvalue weighted by atomic mass is 19.1. The van der Waals surface area contributed by atoms with Gasteiger partial charge in [0.15, 0.2) is 0 Å². The predicted molar refractivity (Wildman–Crippen MR) is 125 cm³/mol. The Morgan fingerprint density at radius 2 is 1.74 bits per heavy atom. The molecule has 2 aliphatic heterocycles. The summed E-state index contributed by atoms with van der Waals surface area (Å²) in [5, 5.41) is 8.45. The van der Waals surface area contributed by atoms with Gasteiger partial charge in [-0.05, 0) is 49.4 Å². The van der Waals surface area contributed by atoms with Crippen LogP contribution in [0.15, 0.2) is 55.0 Å². The lowest BCUT2D eigenvalue weighted by atomic mass is 9.84. The van der Waals surface area contributed by atoms with E-state index in [0.29, 0.717) is 47.2 Å². The minimum atomic E-state index is -0.313. The molecule has 2 saturated heterocycles. The van der Waals surface area contributed by atoms with Gasteiger partial charge >= 0.3 is 0 Å². The van der Waals surface area contributed by atoms with Crippen LogP contribution in [0, 0.1) is 24.6 Å². The lowest BCUT2D eigenvalue weighted by Crippen LogP contribution is -2.54. The van der Waals surface area contributed by atoms with Crippen LogP contribution in [0.4, 0.5) is 10.2 Å². The first kappa shape index (κ1) is 20.7. The number of hydrogen-bond acceptors (Lipinski definition) is 6. The van der Waals surface area contributed by atoms with Crippen molar-refractivity contribution in [2.75, 3.05) is 31.1 Å². The number of likely N-dealkylation sites (tertiary alicyclic amines) is 1. The summed E-state index contributed by atoms with van der Waals surface area (Å²) >= 11 is 0. The first-order chi connectivity index (χ1) is 16.5. The van der Waals surface area contributed by atoms with Crippen molar-refractivity contribution in [1.29, 1.82) is 0 Å². The standard InChI is InChI=1S/C25H24FN7O/c1-16-2-5-23(33-28-6-7-29-33)20(8-16)25(34)32-14-17-9-18(15-32)13-31(12-17)24-11-27-22-10-19(26)3-4-21(22)30-24/h2-8,10-11,17-18H,9,12-15H2,1H3. The number of carbonyl (C=O) groups excluding carboxylic acids is 1. The Labute approximate surface area is 196 Å². The molecule has 9 heteroatoms. The number of anilines is 1. The number of halogens is 1. The van der Waals surface area contributed by atoms with Gasteiger partial charge in [0, 0.05) is 32.2 Å². The molecule has 6 rings (SSSR count). The largest absolute Gasteiger partial charge is 0.355 e. The second-order valence-corrected chi connectivity index (χ2v) is 9.28. The molecule has 2 bridgehead atoms. The molecule has 172 valence electrons. The molecule has 2 aromatic carbocycles. The van der Waals surface area contributed by atoms with Gasteiger partial charge in [0.05, 0.1) is 40.9 Å². The van der Waals surface area contributed by atoms with Crippen LogP contribution in [0.3, 0.4) is 0 Å². The number of piperidine rings is 2. The number of aryl methyl sites for hydroxylation is 1. The summed E-state index contributed by atoms with van der Waals surface area (Å²) in [6, 6.07) is 10.3. The molecule has 0 spiro atoms. The fourth-order valence-electron chi connectivity index (χ4n) is 5.27. The molecule has 34 heavy (non-hydrogen) atoms. The van der Waals surface area contributed by atoms with Crippen LogP contribution in [0.5, 0.6) is 0 Å². The second-order valence-electron chi connectivity index (χ2n) is 9.28. The molecule has 2 atom stereocenters. The molecular formula is C25H24FN7O. The fraction of sp³-hybridized carbons (Fsp3) is 0.320. The van der Waals surface area contributed by atoms with Crippen LogP contribution in [0.2, 0.25) is 0 Å². The monoisotopic (exact) mass is 457 g/mol. The molecule has 8 nitrogen and oxygen atoms in total. The summed E-state index contributed by atoms with van der Waals surface area (Å²) in [5.74, 6) is 1.20. The quantitative estimate of drug-likeness (QED) is 0.470. The lowest BCUT2D eigenvalue weighted by Gasteiger charge is -2.46. The molecule has 2 unspecified atom stereocenters. The number of hydrogen-bond donors (Lipinski definition) is 0. The minimum Gasteiger partial charge on any atom is -0.355 e. The van der Waals surface area contributed by atoms with Crippen LogP contribution in [0.25, 0.3) is 16.7 Å². The molecule has 0 aliphatic carbocycles. The van der Waals surface area contributed by atoms with Crippen LogP contribution in [0.1, 0.15) is 22.3 Å². The minimum absolute atomic E-state index is 0.0201. The summed E-state index contributed by atoms with van der Waals surface area (Å²) in [7, 11) is 0. The Hall–Kier alpha value is -3.88. The van der Waals surface area contributed by atoms with Crippen LogP contribution < -0.4 is 4.90 Å². The Balaban J connectivity index is 1.22. The highest BCUT2D eigenvalue weighted by molar-refractivity contribution is 5.98. The van der Waals surface area contributed by atoms with Gasteiger partial charge < -0.3 is 9.80 Å². The van der Waals surface area contributed by atoms with E-state index in [-0.39, 0.29) is 11.7 Å². The van der Waals surface area contributed by atoms with Gasteiger partial charge in [-0.1, -0.05) is 11.6 Å². The van der Waals surface area contributed by atoms with Gasteiger partial charge in [-0.3, -0.25) is 9.78 Å². The van der Waals surface area contributed by atoms with Crippen molar-refractivity contribution in [3.63, 3.8) is 0 Å². The molecule has 4 aromatic rings. The van der Waals surface area contributed by atoms with Crippen LogP contribution in [-0.4, -0.2) is 61.9 Å². The fourth-order valence-corrected chi connectivity index (χ4v) is 5.27. The third kappa shape index (κ3) is 3.76. The first-order valence-electron chi connectivity index (χ1n) is 11.5. The summed E-state index contributed by atoms with van der Waals surface area (Å²) in [5.41, 5.74) is 3.59. The highest BCUT2D eigenvalue weighted by Crippen LogP contribution is 2.32. The first-order valence-corrected chi connectivity index (χ1v) is 11.5. The zero-order chi connectivity index (χ0) is 23.2. The smallest absolute Gasteiger partial charge is 0.256 e. The van der Waals surface area contributed by atoms with E-state index in [1.807, 2.05) is 30.0 Å². The number of carbonyl (C=O) groups is 1. The SMILES string of the molecule is Cc1ccc(-n2nccn2)c(C(=O)N2CC3CC(C2)CN(c2cnc4cc(F)ccc4n2)C3)c1.